The Balaban J connectivity index is 1.44. The second kappa shape index (κ2) is 6.75. The summed E-state index contributed by atoms with van der Waals surface area (Å²) >= 11 is 1.95. The van der Waals surface area contributed by atoms with Gasteiger partial charge < -0.3 is 9.84 Å². The topological polar surface area (TPSA) is 35.9 Å². The van der Waals surface area contributed by atoms with Crippen LogP contribution in [-0.4, -0.2) is 67.5 Å². The predicted molar refractivity (Wildman–Crippen MR) is 85.8 cm³/mol. The van der Waals surface area contributed by atoms with Crippen molar-refractivity contribution in [2.24, 2.45) is 5.41 Å². The van der Waals surface area contributed by atoms with Crippen molar-refractivity contribution in [1.82, 2.24) is 9.80 Å². The van der Waals surface area contributed by atoms with Crippen LogP contribution < -0.4 is 0 Å². The second-order valence-corrected chi connectivity index (χ2v) is 7.68. The third-order valence-electron chi connectivity index (χ3n) is 4.62. The molecule has 3 heterocycles. The molecule has 2 aliphatic rings. The molecule has 0 bridgehead atoms. The molecular weight excluding hydrogens is 284 g/mol. The number of ether oxygens (including phenoxy) is 1. The van der Waals surface area contributed by atoms with Gasteiger partial charge in [-0.3, -0.25) is 9.80 Å². The van der Waals surface area contributed by atoms with E-state index in [1.54, 1.807) is 0 Å². The van der Waals surface area contributed by atoms with E-state index in [2.05, 4.69) is 28.9 Å². The lowest BCUT2D eigenvalue weighted by Crippen LogP contribution is -2.56. The molecule has 0 radical (unpaired) electrons. The zero-order chi connectivity index (χ0) is 14.7. The summed E-state index contributed by atoms with van der Waals surface area (Å²) in [5.41, 5.74) is 0.0198. The average molecular weight is 310 g/mol. The lowest BCUT2D eigenvalue weighted by atomic mass is 9.86. The number of nitrogens with zero attached hydrogens (tertiary/aromatic N) is 2. The molecule has 21 heavy (non-hydrogen) atoms. The Hall–Kier alpha value is -0.460. The minimum Gasteiger partial charge on any atom is -0.396 e. The zero-order valence-electron chi connectivity index (χ0n) is 12.9. The van der Waals surface area contributed by atoms with Crippen LogP contribution in [0.5, 0.6) is 0 Å². The Bertz CT molecular complexity index is 445. The molecule has 2 fully saturated rings. The number of aryl methyl sites for hydroxylation is 1. The molecule has 0 aromatic carbocycles. The van der Waals surface area contributed by atoms with Crippen molar-refractivity contribution >= 4 is 11.3 Å². The minimum atomic E-state index is 0.0198. The average Bonchev–Trinajstić information content (AvgIpc) is 2.92. The van der Waals surface area contributed by atoms with Crippen molar-refractivity contribution in [3.05, 3.63) is 21.9 Å². The Labute approximate surface area is 131 Å². The molecule has 2 aliphatic heterocycles. The fraction of sp³-hybridized carbons (Fsp3) is 0.750. The van der Waals surface area contributed by atoms with Crippen molar-refractivity contribution in [3.63, 3.8) is 0 Å². The SMILES string of the molecule is CCc1ccc(CN2CCN(CC3(CO)COC3)CC2)s1. The molecule has 1 aromatic heterocycles. The molecule has 1 aromatic rings. The predicted octanol–water partition coefficient (Wildman–Crippen LogP) is 1.44. The number of hydrogen-bond donors (Lipinski definition) is 1. The van der Waals surface area contributed by atoms with Gasteiger partial charge in [-0.25, -0.2) is 0 Å². The van der Waals surface area contributed by atoms with Crippen LogP contribution in [0, 0.1) is 5.41 Å². The van der Waals surface area contributed by atoms with Gasteiger partial charge in [-0.15, -0.1) is 11.3 Å². The van der Waals surface area contributed by atoms with E-state index in [9.17, 15) is 5.11 Å². The summed E-state index contributed by atoms with van der Waals surface area (Å²) in [5.74, 6) is 0. The van der Waals surface area contributed by atoms with Crippen LogP contribution in [0.2, 0.25) is 0 Å². The van der Waals surface area contributed by atoms with Crippen LogP contribution in [0.25, 0.3) is 0 Å². The van der Waals surface area contributed by atoms with Crippen molar-refractivity contribution in [3.8, 4) is 0 Å². The van der Waals surface area contributed by atoms with E-state index in [0.717, 1.165) is 58.9 Å². The lowest BCUT2D eigenvalue weighted by Gasteiger charge is -2.45. The molecule has 0 unspecified atom stereocenters. The normalized spacial score (nSPS) is 23.1. The Morgan fingerprint density at radius 2 is 1.81 bits per heavy atom. The first-order valence-corrected chi connectivity index (χ1v) is 8.75. The maximum Gasteiger partial charge on any atom is 0.0579 e. The first kappa shape index (κ1) is 15.4. The van der Waals surface area contributed by atoms with Gasteiger partial charge in [0.05, 0.1) is 25.2 Å². The van der Waals surface area contributed by atoms with E-state index in [1.165, 1.54) is 9.75 Å². The van der Waals surface area contributed by atoms with Crippen molar-refractivity contribution in [1.29, 1.82) is 0 Å². The fourth-order valence-electron chi connectivity index (χ4n) is 3.12. The van der Waals surface area contributed by atoms with E-state index >= 15 is 0 Å². The molecule has 5 heteroatoms. The molecular formula is C16H26N2O2S. The highest BCUT2D eigenvalue weighted by atomic mass is 32.1. The van der Waals surface area contributed by atoms with Crippen molar-refractivity contribution in [2.75, 3.05) is 52.5 Å². The smallest absolute Gasteiger partial charge is 0.0579 e. The maximum absolute atomic E-state index is 9.52. The van der Waals surface area contributed by atoms with Gasteiger partial charge in [0, 0.05) is 49.0 Å². The van der Waals surface area contributed by atoms with Gasteiger partial charge in [-0.05, 0) is 18.6 Å². The summed E-state index contributed by atoms with van der Waals surface area (Å²) in [6.45, 7) is 10.4. The van der Waals surface area contributed by atoms with Gasteiger partial charge in [-0.1, -0.05) is 6.92 Å². The molecule has 3 rings (SSSR count). The van der Waals surface area contributed by atoms with Crippen LogP contribution >= 0.6 is 11.3 Å². The Morgan fingerprint density at radius 1 is 1.14 bits per heavy atom. The van der Waals surface area contributed by atoms with Crippen molar-refractivity contribution in [2.45, 2.75) is 19.9 Å². The molecule has 2 saturated heterocycles. The third kappa shape index (κ3) is 3.66. The number of hydrogen-bond acceptors (Lipinski definition) is 5. The number of aliphatic hydroxyl groups excluding tert-OH is 1. The molecule has 0 saturated carbocycles. The summed E-state index contributed by atoms with van der Waals surface area (Å²) in [6.07, 6.45) is 1.14. The largest absolute Gasteiger partial charge is 0.396 e. The van der Waals surface area contributed by atoms with Gasteiger partial charge in [0.25, 0.3) is 0 Å². The molecule has 4 nitrogen and oxygen atoms in total. The summed E-state index contributed by atoms with van der Waals surface area (Å²) < 4.78 is 5.29. The summed E-state index contributed by atoms with van der Waals surface area (Å²) in [5, 5.41) is 9.52. The number of aliphatic hydroxyl groups is 1. The summed E-state index contributed by atoms with van der Waals surface area (Å²) in [6, 6.07) is 4.54. The monoisotopic (exact) mass is 310 g/mol. The standard InChI is InChI=1S/C16H26N2O2S/c1-2-14-3-4-15(21-14)9-17-5-7-18(8-6-17)10-16(11-19)12-20-13-16/h3-4,19H,2,5-13H2,1H3. The first-order chi connectivity index (χ1) is 10.2. The summed E-state index contributed by atoms with van der Waals surface area (Å²) in [4.78, 5) is 8.00. The molecule has 0 aliphatic carbocycles. The van der Waals surface area contributed by atoms with Gasteiger partial charge in [0.15, 0.2) is 0 Å². The van der Waals surface area contributed by atoms with E-state index in [4.69, 9.17) is 4.74 Å². The zero-order valence-corrected chi connectivity index (χ0v) is 13.7. The van der Waals surface area contributed by atoms with Gasteiger partial charge >= 0.3 is 0 Å². The van der Waals surface area contributed by atoms with Gasteiger partial charge in [0.2, 0.25) is 0 Å². The molecule has 0 atom stereocenters. The van der Waals surface area contributed by atoms with Gasteiger partial charge in [0.1, 0.15) is 0 Å². The third-order valence-corrected chi connectivity index (χ3v) is 5.84. The van der Waals surface area contributed by atoms with E-state index in [1.807, 2.05) is 11.3 Å². The van der Waals surface area contributed by atoms with Crippen molar-refractivity contribution < 1.29 is 9.84 Å². The highest BCUT2D eigenvalue weighted by Crippen LogP contribution is 2.28. The fourth-order valence-corrected chi connectivity index (χ4v) is 4.12. The quantitative estimate of drug-likeness (QED) is 0.862. The Kier molecular flexibility index (Phi) is 4.96. The highest BCUT2D eigenvalue weighted by Gasteiger charge is 2.40. The number of rotatable bonds is 6. The Morgan fingerprint density at radius 3 is 2.33 bits per heavy atom. The molecule has 0 spiro atoms. The highest BCUT2D eigenvalue weighted by molar-refractivity contribution is 7.11. The van der Waals surface area contributed by atoms with E-state index in [0.29, 0.717) is 0 Å². The van der Waals surface area contributed by atoms with Gasteiger partial charge in [-0.2, -0.15) is 0 Å². The number of piperazine rings is 1. The van der Waals surface area contributed by atoms with Crippen LogP contribution in [0.3, 0.4) is 0 Å². The molecule has 0 amide bonds. The van der Waals surface area contributed by atoms with Crippen LogP contribution in [-0.2, 0) is 17.7 Å². The minimum absolute atomic E-state index is 0.0198. The lowest BCUT2D eigenvalue weighted by molar-refractivity contribution is -0.150. The van der Waals surface area contributed by atoms with E-state index < -0.39 is 0 Å². The second-order valence-electron chi connectivity index (χ2n) is 6.42. The van der Waals surface area contributed by atoms with Crippen LogP contribution in [0.1, 0.15) is 16.7 Å². The molecule has 118 valence electrons. The number of thiophene rings is 1. The molecule has 1 N–H and O–H groups in total. The van der Waals surface area contributed by atoms with E-state index in [-0.39, 0.29) is 12.0 Å². The first-order valence-electron chi connectivity index (χ1n) is 7.94. The van der Waals surface area contributed by atoms with Crippen LogP contribution in [0.4, 0.5) is 0 Å². The maximum atomic E-state index is 9.52. The summed E-state index contributed by atoms with van der Waals surface area (Å²) in [7, 11) is 0. The van der Waals surface area contributed by atoms with Crippen LogP contribution in [0.15, 0.2) is 12.1 Å².